The van der Waals surface area contributed by atoms with Crippen molar-refractivity contribution >= 4 is 11.7 Å². The second-order valence-corrected chi connectivity index (χ2v) is 6.36. The van der Waals surface area contributed by atoms with Gasteiger partial charge in [0.2, 0.25) is 5.91 Å². The Labute approximate surface area is 113 Å². The number of rotatable bonds is 5. The van der Waals surface area contributed by atoms with Gasteiger partial charge in [-0.3, -0.25) is 4.79 Å². The van der Waals surface area contributed by atoms with Crippen molar-refractivity contribution in [2.75, 3.05) is 13.1 Å². The molecule has 0 aromatic rings. The Kier molecular flexibility index (Phi) is 3.15. The molecule has 3 aliphatic rings. The summed E-state index contributed by atoms with van der Waals surface area (Å²) < 4.78 is 0. The van der Waals surface area contributed by atoms with Crippen LogP contribution in [0.15, 0.2) is 5.16 Å². The largest absolute Gasteiger partial charge is 0.409 e. The first-order valence-electron chi connectivity index (χ1n) is 7.42. The van der Waals surface area contributed by atoms with Gasteiger partial charge in [-0.25, -0.2) is 0 Å². The van der Waals surface area contributed by atoms with Crippen LogP contribution in [0.4, 0.5) is 0 Å². The Hall–Kier alpha value is -1.26. The molecule has 2 bridgehead atoms. The predicted molar refractivity (Wildman–Crippen MR) is 71.6 cm³/mol. The minimum atomic E-state index is 0.121. The van der Waals surface area contributed by atoms with Crippen LogP contribution in [-0.4, -0.2) is 34.9 Å². The predicted octanol–water partition coefficient (Wildman–Crippen LogP) is 1.26. The number of fused-ring (bicyclic) bond motifs is 5. The van der Waals surface area contributed by atoms with Gasteiger partial charge in [0.05, 0.1) is 6.54 Å². The first-order valence-corrected chi connectivity index (χ1v) is 7.42. The zero-order valence-corrected chi connectivity index (χ0v) is 11.5. The molecule has 0 aromatic heterocycles. The molecule has 3 N–H and O–H groups in total. The van der Waals surface area contributed by atoms with E-state index < -0.39 is 0 Å². The number of carbonyl (C=O) groups is 1. The van der Waals surface area contributed by atoms with E-state index in [1.165, 1.54) is 19.3 Å². The maximum absolute atomic E-state index is 12.6. The van der Waals surface area contributed by atoms with Crippen LogP contribution >= 0.6 is 0 Å². The molecule has 0 radical (unpaired) electrons. The third kappa shape index (κ3) is 1.99. The normalized spacial score (nSPS) is 39.2. The minimum absolute atomic E-state index is 0.121. The molecular weight excluding hydrogens is 242 g/mol. The van der Waals surface area contributed by atoms with E-state index in [1.54, 1.807) is 4.90 Å². The van der Waals surface area contributed by atoms with Gasteiger partial charge in [-0.05, 0) is 49.4 Å². The van der Waals surface area contributed by atoms with Gasteiger partial charge in [0.25, 0.3) is 0 Å². The lowest BCUT2D eigenvalue weighted by atomic mass is 10.0. The van der Waals surface area contributed by atoms with Gasteiger partial charge < -0.3 is 15.8 Å². The zero-order valence-electron chi connectivity index (χ0n) is 11.5. The third-order valence-corrected chi connectivity index (χ3v) is 5.31. The first kappa shape index (κ1) is 12.8. The molecule has 5 nitrogen and oxygen atoms in total. The topological polar surface area (TPSA) is 78.9 Å². The number of hydrogen-bond acceptors (Lipinski definition) is 3. The molecule has 0 aromatic carbocycles. The van der Waals surface area contributed by atoms with E-state index >= 15 is 0 Å². The number of oxime groups is 1. The van der Waals surface area contributed by atoms with Gasteiger partial charge in [-0.1, -0.05) is 12.1 Å². The van der Waals surface area contributed by atoms with Crippen LogP contribution in [0.5, 0.6) is 0 Å². The van der Waals surface area contributed by atoms with E-state index in [0.29, 0.717) is 18.4 Å². The van der Waals surface area contributed by atoms with E-state index in [9.17, 15) is 4.79 Å². The summed E-state index contributed by atoms with van der Waals surface area (Å²) in [7, 11) is 0. The number of hydrogen-bond donors (Lipinski definition) is 2. The van der Waals surface area contributed by atoms with Gasteiger partial charge in [0.15, 0.2) is 5.84 Å². The molecule has 4 atom stereocenters. The summed E-state index contributed by atoms with van der Waals surface area (Å²) in [6, 6.07) is 0. The maximum atomic E-state index is 12.6. The van der Waals surface area contributed by atoms with Crippen molar-refractivity contribution < 1.29 is 10.0 Å². The molecule has 4 unspecified atom stereocenters. The van der Waals surface area contributed by atoms with Gasteiger partial charge in [0.1, 0.15) is 0 Å². The Morgan fingerprint density at radius 1 is 1.37 bits per heavy atom. The Morgan fingerprint density at radius 3 is 2.53 bits per heavy atom. The fraction of sp³-hybridized carbons (Fsp3) is 0.857. The van der Waals surface area contributed by atoms with Crippen LogP contribution in [0.1, 0.15) is 32.6 Å². The zero-order chi connectivity index (χ0) is 13.6. The van der Waals surface area contributed by atoms with Crippen molar-refractivity contribution in [2.45, 2.75) is 32.6 Å². The second kappa shape index (κ2) is 4.69. The molecule has 0 spiro atoms. The summed E-state index contributed by atoms with van der Waals surface area (Å²) in [5, 5.41) is 11.7. The molecule has 19 heavy (non-hydrogen) atoms. The number of nitrogens with zero attached hydrogens (tertiary/aromatic N) is 2. The van der Waals surface area contributed by atoms with Crippen molar-refractivity contribution in [2.24, 2.45) is 40.5 Å². The fourth-order valence-electron chi connectivity index (χ4n) is 4.63. The lowest BCUT2D eigenvalue weighted by Crippen LogP contribution is -2.40. The molecule has 3 rings (SSSR count). The van der Waals surface area contributed by atoms with Crippen LogP contribution in [0.25, 0.3) is 0 Å². The number of amides is 1. The highest BCUT2D eigenvalue weighted by Gasteiger charge is 2.67. The van der Waals surface area contributed by atoms with E-state index in [0.717, 1.165) is 18.3 Å². The highest BCUT2D eigenvalue weighted by Crippen LogP contribution is 2.69. The number of carbonyl (C=O) groups excluding carboxylic acids is 1. The number of nitrogens with two attached hydrogens (primary N) is 1. The number of amidine groups is 1. The second-order valence-electron chi connectivity index (χ2n) is 6.36. The van der Waals surface area contributed by atoms with Crippen molar-refractivity contribution in [3.8, 4) is 0 Å². The maximum Gasteiger partial charge on any atom is 0.226 e. The van der Waals surface area contributed by atoms with Crippen molar-refractivity contribution in [1.82, 2.24) is 4.90 Å². The van der Waals surface area contributed by atoms with Crippen molar-refractivity contribution in [3.05, 3.63) is 0 Å². The fourth-order valence-corrected chi connectivity index (χ4v) is 4.63. The SMILES string of the molecule is CCCN(CC(N)=NO)C(=O)C1C2C3CCC(C3)C12. The van der Waals surface area contributed by atoms with E-state index in [2.05, 4.69) is 5.16 Å². The molecule has 3 aliphatic carbocycles. The Bertz CT molecular complexity index is 393. The van der Waals surface area contributed by atoms with Crippen molar-refractivity contribution in [3.63, 3.8) is 0 Å². The van der Waals surface area contributed by atoms with Gasteiger partial charge in [0, 0.05) is 12.5 Å². The van der Waals surface area contributed by atoms with Crippen LogP contribution in [-0.2, 0) is 4.79 Å². The summed E-state index contributed by atoms with van der Waals surface area (Å²) in [5.41, 5.74) is 5.55. The van der Waals surface area contributed by atoms with Crippen LogP contribution < -0.4 is 5.73 Å². The molecular formula is C14H23N3O2. The van der Waals surface area contributed by atoms with Crippen LogP contribution in [0.3, 0.4) is 0 Å². The molecule has 0 saturated heterocycles. The van der Waals surface area contributed by atoms with Crippen LogP contribution in [0, 0.1) is 29.6 Å². The summed E-state index contributed by atoms with van der Waals surface area (Å²) in [6.45, 7) is 3.00. The lowest BCUT2D eigenvalue weighted by molar-refractivity contribution is -0.133. The summed E-state index contributed by atoms with van der Waals surface area (Å²) in [5.74, 6) is 3.50. The summed E-state index contributed by atoms with van der Waals surface area (Å²) in [4.78, 5) is 14.4. The monoisotopic (exact) mass is 265 g/mol. The molecule has 5 heteroatoms. The third-order valence-electron chi connectivity index (χ3n) is 5.31. The molecule has 0 aliphatic heterocycles. The molecule has 3 fully saturated rings. The summed E-state index contributed by atoms with van der Waals surface area (Å²) >= 11 is 0. The van der Waals surface area contributed by atoms with E-state index in [4.69, 9.17) is 10.9 Å². The molecule has 106 valence electrons. The van der Waals surface area contributed by atoms with Gasteiger partial charge in [-0.2, -0.15) is 0 Å². The highest BCUT2D eigenvalue weighted by molar-refractivity contribution is 5.89. The standard InChI is InChI=1S/C14H23N3O2/c1-2-5-17(7-10(15)16-19)14(18)13-11-8-3-4-9(6-8)12(11)13/h8-9,11-13,19H,2-7H2,1H3,(H2,15,16). The van der Waals surface area contributed by atoms with Crippen molar-refractivity contribution in [1.29, 1.82) is 0 Å². The van der Waals surface area contributed by atoms with Gasteiger partial charge in [-0.15, -0.1) is 0 Å². The Balaban J connectivity index is 1.65. The molecule has 3 saturated carbocycles. The first-order chi connectivity index (χ1) is 9.17. The Morgan fingerprint density at radius 2 is 2.00 bits per heavy atom. The minimum Gasteiger partial charge on any atom is -0.409 e. The average molecular weight is 265 g/mol. The molecule has 1 amide bonds. The summed E-state index contributed by atoms with van der Waals surface area (Å²) in [6.07, 6.45) is 4.90. The van der Waals surface area contributed by atoms with Gasteiger partial charge >= 0.3 is 0 Å². The molecule has 0 heterocycles. The lowest BCUT2D eigenvalue weighted by Gasteiger charge is -2.23. The smallest absolute Gasteiger partial charge is 0.226 e. The van der Waals surface area contributed by atoms with E-state index in [-0.39, 0.29) is 24.2 Å². The quantitative estimate of drug-likeness (QED) is 0.340. The van der Waals surface area contributed by atoms with E-state index in [1.807, 2.05) is 6.92 Å². The highest BCUT2D eigenvalue weighted by atomic mass is 16.4. The van der Waals surface area contributed by atoms with Crippen LogP contribution in [0.2, 0.25) is 0 Å². The average Bonchev–Trinajstić information content (AvgIpc) is 2.84.